The molecule has 3 atom stereocenters. The van der Waals surface area contributed by atoms with E-state index < -0.39 is 6.10 Å². The van der Waals surface area contributed by atoms with E-state index in [2.05, 4.69) is 25.7 Å². The fourth-order valence-corrected chi connectivity index (χ4v) is 3.56. The summed E-state index contributed by atoms with van der Waals surface area (Å²) >= 11 is 0. The Balaban J connectivity index is 1.87. The first-order valence-corrected chi connectivity index (χ1v) is 8.92. The average Bonchev–Trinajstić information content (AvgIpc) is 2.50. The van der Waals surface area contributed by atoms with Gasteiger partial charge < -0.3 is 20.5 Å². The molecule has 1 aromatic carbocycles. The number of benzene rings is 1. The van der Waals surface area contributed by atoms with Gasteiger partial charge in [0, 0.05) is 19.6 Å². The van der Waals surface area contributed by atoms with Crippen LogP contribution in [0.5, 0.6) is 5.75 Å². The molecule has 0 aliphatic carbocycles. The standard InChI is InChI=1S/C19H32N2O2/c1-4-9-23-19-6-5-16(11-17(19)20)18(22)7-8-21-12-14(2)10-15(3)13-21/h5-6,11,14-15,18,22H,4,7-10,12-13,20H2,1-3H3. The number of nitrogens with zero attached hydrogens (tertiary/aromatic N) is 1. The largest absolute Gasteiger partial charge is 0.491 e. The third-order valence-corrected chi connectivity index (χ3v) is 4.54. The lowest BCUT2D eigenvalue weighted by atomic mass is 9.91. The molecule has 0 saturated carbocycles. The van der Waals surface area contributed by atoms with E-state index in [-0.39, 0.29) is 0 Å². The quantitative estimate of drug-likeness (QED) is 0.755. The molecule has 130 valence electrons. The lowest BCUT2D eigenvalue weighted by Gasteiger charge is -2.35. The topological polar surface area (TPSA) is 58.7 Å². The number of rotatable bonds is 7. The summed E-state index contributed by atoms with van der Waals surface area (Å²) in [5.41, 5.74) is 7.51. The first-order chi connectivity index (χ1) is 11.0. The fraction of sp³-hybridized carbons (Fsp3) is 0.684. The number of aliphatic hydroxyl groups is 1. The number of likely N-dealkylation sites (tertiary alicyclic amines) is 1. The molecule has 0 radical (unpaired) electrons. The van der Waals surface area contributed by atoms with Gasteiger partial charge in [-0.05, 0) is 48.8 Å². The van der Waals surface area contributed by atoms with Crippen molar-refractivity contribution in [3.8, 4) is 5.75 Å². The summed E-state index contributed by atoms with van der Waals surface area (Å²) in [5.74, 6) is 2.21. The number of piperidine rings is 1. The van der Waals surface area contributed by atoms with Crippen LogP contribution in [-0.2, 0) is 0 Å². The number of hydrogen-bond donors (Lipinski definition) is 2. The van der Waals surface area contributed by atoms with Gasteiger partial charge in [0.1, 0.15) is 5.75 Å². The van der Waals surface area contributed by atoms with Crippen molar-refractivity contribution in [3.63, 3.8) is 0 Å². The van der Waals surface area contributed by atoms with Crippen molar-refractivity contribution in [2.24, 2.45) is 11.8 Å². The van der Waals surface area contributed by atoms with E-state index in [9.17, 15) is 5.11 Å². The molecule has 1 heterocycles. The normalized spacial score (nSPS) is 23.7. The Hall–Kier alpha value is -1.26. The van der Waals surface area contributed by atoms with Gasteiger partial charge in [-0.3, -0.25) is 0 Å². The van der Waals surface area contributed by atoms with Gasteiger partial charge in [0.15, 0.2) is 0 Å². The third-order valence-electron chi connectivity index (χ3n) is 4.54. The van der Waals surface area contributed by atoms with Gasteiger partial charge in [0.25, 0.3) is 0 Å². The van der Waals surface area contributed by atoms with Crippen LogP contribution in [0.2, 0.25) is 0 Å². The smallest absolute Gasteiger partial charge is 0.142 e. The molecule has 3 unspecified atom stereocenters. The Morgan fingerprint density at radius 1 is 1.30 bits per heavy atom. The van der Waals surface area contributed by atoms with Gasteiger partial charge >= 0.3 is 0 Å². The second-order valence-corrected chi connectivity index (χ2v) is 7.16. The summed E-state index contributed by atoms with van der Waals surface area (Å²) in [4.78, 5) is 2.48. The van der Waals surface area contributed by atoms with E-state index in [1.54, 1.807) is 0 Å². The molecule has 1 saturated heterocycles. The molecule has 0 spiro atoms. The highest BCUT2D eigenvalue weighted by molar-refractivity contribution is 5.54. The van der Waals surface area contributed by atoms with Crippen LogP contribution in [0.25, 0.3) is 0 Å². The molecule has 3 N–H and O–H groups in total. The monoisotopic (exact) mass is 320 g/mol. The molecule has 1 aliphatic heterocycles. The molecule has 4 heteroatoms. The second kappa shape index (κ2) is 8.55. The first kappa shape index (κ1) is 18.1. The van der Waals surface area contributed by atoms with E-state index in [4.69, 9.17) is 10.5 Å². The Bertz CT molecular complexity index is 482. The SMILES string of the molecule is CCCOc1ccc(C(O)CCN2CC(C)CC(C)C2)cc1N. The first-order valence-electron chi connectivity index (χ1n) is 8.92. The van der Waals surface area contributed by atoms with Gasteiger partial charge in [-0.25, -0.2) is 0 Å². The lowest BCUT2D eigenvalue weighted by molar-refractivity contribution is 0.103. The zero-order valence-corrected chi connectivity index (χ0v) is 14.8. The van der Waals surface area contributed by atoms with Crippen LogP contribution in [-0.4, -0.2) is 36.2 Å². The van der Waals surface area contributed by atoms with E-state index in [0.717, 1.165) is 49.9 Å². The van der Waals surface area contributed by atoms with Crippen LogP contribution in [0.1, 0.15) is 51.7 Å². The molecule has 0 aromatic heterocycles. The van der Waals surface area contributed by atoms with Crippen LogP contribution in [0.4, 0.5) is 5.69 Å². The molecule has 0 bridgehead atoms. The predicted molar refractivity (Wildman–Crippen MR) is 95.6 cm³/mol. The minimum atomic E-state index is -0.468. The Morgan fingerprint density at radius 2 is 2.00 bits per heavy atom. The summed E-state index contributed by atoms with van der Waals surface area (Å²) in [5, 5.41) is 10.5. The van der Waals surface area contributed by atoms with Crippen LogP contribution >= 0.6 is 0 Å². The van der Waals surface area contributed by atoms with Crippen LogP contribution in [0.3, 0.4) is 0 Å². The molecule has 1 aliphatic rings. The maximum Gasteiger partial charge on any atom is 0.142 e. The Labute approximate surface area is 140 Å². The van der Waals surface area contributed by atoms with Crippen molar-refractivity contribution in [2.45, 2.75) is 46.1 Å². The van der Waals surface area contributed by atoms with Crippen molar-refractivity contribution in [3.05, 3.63) is 23.8 Å². The molecule has 4 nitrogen and oxygen atoms in total. The number of ether oxygens (including phenoxy) is 1. The highest BCUT2D eigenvalue weighted by Gasteiger charge is 2.22. The molecule has 23 heavy (non-hydrogen) atoms. The zero-order chi connectivity index (χ0) is 16.8. The van der Waals surface area contributed by atoms with E-state index in [1.807, 2.05) is 18.2 Å². The molecular formula is C19H32N2O2. The lowest BCUT2D eigenvalue weighted by Crippen LogP contribution is -2.39. The van der Waals surface area contributed by atoms with E-state index in [0.29, 0.717) is 18.0 Å². The minimum absolute atomic E-state index is 0.468. The van der Waals surface area contributed by atoms with Crippen LogP contribution in [0.15, 0.2) is 18.2 Å². The highest BCUT2D eigenvalue weighted by Crippen LogP contribution is 2.28. The minimum Gasteiger partial charge on any atom is -0.491 e. The van der Waals surface area contributed by atoms with Crippen LogP contribution in [0, 0.1) is 11.8 Å². The molecular weight excluding hydrogens is 288 g/mol. The second-order valence-electron chi connectivity index (χ2n) is 7.16. The zero-order valence-electron chi connectivity index (χ0n) is 14.8. The van der Waals surface area contributed by atoms with Gasteiger partial charge in [0.05, 0.1) is 18.4 Å². The summed E-state index contributed by atoms with van der Waals surface area (Å²) < 4.78 is 5.58. The number of nitrogen functional groups attached to an aromatic ring is 1. The van der Waals surface area contributed by atoms with Crippen molar-refractivity contribution in [2.75, 3.05) is 32.0 Å². The van der Waals surface area contributed by atoms with Crippen LogP contribution < -0.4 is 10.5 Å². The predicted octanol–water partition coefficient (Wildman–Crippen LogP) is 3.46. The van der Waals surface area contributed by atoms with Gasteiger partial charge in [-0.15, -0.1) is 0 Å². The molecule has 0 amide bonds. The number of nitrogens with two attached hydrogens (primary N) is 1. The number of aliphatic hydroxyl groups excluding tert-OH is 1. The molecule has 1 fully saturated rings. The molecule has 2 rings (SSSR count). The molecule has 1 aromatic rings. The van der Waals surface area contributed by atoms with E-state index >= 15 is 0 Å². The Morgan fingerprint density at radius 3 is 2.61 bits per heavy atom. The van der Waals surface area contributed by atoms with Crippen molar-refractivity contribution in [1.29, 1.82) is 0 Å². The summed E-state index contributed by atoms with van der Waals surface area (Å²) in [6.07, 6.45) is 2.55. The Kier molecular flexibility index (Phi) is 6.72. The van der Waals surface area contributed by atoms with E-state index in [1.165, 1.54) is 6.42 Å². The number of anilines is 1. The maximum atomic E-state index is 10.5. The summed E-state index contributed by atoms with van der Waals surface area (Å²) in [6.45, 7) is 10.6. The average molecular weight is 320 g/mol. The number of hydrogen-bond acceptors (Lipinski definition) is 4. The highest BCUT2D eigenvalue weighted by atomic mass is 16.5. The fourth-order valence-electron chi connectivity index (χ4n) is 3.56. The van der Waals surface area contributed by atoms with Gasteiger partial charge in [0.2, 0.25) is 0 Å². The van der Waals surface area contributed by atoms with Crippen molar-refractivity contribution in [1.82, 2.24) is 4.90 Å². The summed E-state index contributed by atoms with van der Waals surface area (Å²) in [7, 11) is 0. The summed E-state index contributed by atoms with van der Waals surface area (Å²) in [6, 6.07) is 5.64. The van der Waals surface area contributed by atoms with Gasteiger partial charge in [-0.1, -0.05) is 26.8 Å². The maximum absolute atomic E-state index is 10.5. The van der Waals surface area contributed by atoms with Crippen molar-refractivity contribution < 1.29 is 9.84 Å². The van der Waals surface area contributed by atoms with Gasteiger partial charge in [-0.2, -0.15) is 0 Å². The third kappa shape index (κ3) is 5.40. The van der Waals surface area contributed by atoms with Crippen molar-refractivity contribution >= 4 is 5.69 Å².